The molecule has 0 bridgehead atoms. The Morgan fingerprint density at radius 2 is 1.80 bits per heavy atom. The van der Waals surface area contributed by atoms with Crippen molar-refractivity contribution in [2.24, 2.45) is 0 Å². The molecule has 3 nitrogen and oxygen atoms in total. The van der Waals surface area contributed by atoms with E-state index in [0.717, 1.165) is 3.51 Å². The van der Waals surface area contributed by atoms with E-state index in [2.05, 4.69) is 0 Å². The molecule has 1 aromatic rings. The number of non-ortho nitro benzene ring substituents is 1. The molecule has 10 heavy (non-hydrogen) atoms. The van der Waals surface area contributed by atoms with Crippen LogP contribution in [-0.4, -0.2) is 27.9 Å². The van der Waals surface area contributed by atoms with Gasteiger partial charge in [-0.1, -0.05) is 0 Å². The van der Waals surface area contributed by atoms with Crippen molar-refractivity contribution >= 4 is 32.2 Å². The molecule has 0 N–H and O–H groups in total. The van der Waals surface area contributed by atoms with Crippen LogP contribution in [0.3, 0.4) is 0 Å². The summed E-state index contributed by atoms with van der Waals surface area (Å²) in [5.41, 5.74) is 0.152. The van der Waals surface area contributed by atoms with Gasteiger partial charge in [0, 0.05) is 0 Å². The topological polar surface area (TPSA) is 43.1 Å². The Morgan fingerprint density at radius 3 is 2.20 bits per heavy atom. The quantitative estimate of drug-likeness (QED) is 0.407. The summed E-state index contributed by atoms with van der Waals surface area (Å²) in [6.07, 6.45) is 0. The SMILES string of the molecule is O=[N+]([O-])c1cc[c]([Sb])cc1. The molecule has 0 spiro atoms. The Bertz CT molecular complexity index is 244. The van der Waals surface area contributed by atoms with Crippen molar-refractivity contribution in [3.8, 4) is 0 Å². The van der Waals surface area contributed by atoms with Crippen LogP contribution in [0.1, 0.15) is 0 Å². The van der Waals surface area contributed by atoms with E-state index in [4.69, 9.17) is 0 Å². The molecule has 0 aliphatic carbocycles. The van der Waals surface area contributed by atoms with Crippen LogP contribution in [0.2, 0.25) is 0 Å². The van der Waals surface area contributed by atoms with Gasteiger partial charge in [0.15, 0.2) is 0 Å². The summed E-state index contributed by atoms with van der Waals surface area (Å²) >= 11 is 1.55. The molecule has 0 aliphatic rings. The number of rotatable bonds is 1. The molecular formula is C6H4NO2Sb. The number of nitro groups is 1. The summed E-state index contributed by atoms with van der Waals surface area (Å²) in [4.78, 5) is 9.72. The molecule has 0 aromatic heterocycles. The number of benzene rings is 1. The van der Waals surface area contributed by atoms with Gasteiger partial charge < -0.3 is 0 Å². The average molecular weight is 244 g/mol. The van der Waals surface area contributed by atoms with E-state index in [1.54, 1.807) is 35.2 Å². The molecule has 0 unspecified atom stereocenters. The molecule has 0 heterocycles. The molecule has 4 heteroatoms. The van der Waals surface area contributed by atoms with E-state index < -0.39 is 4.92 Å². The minimum atomic E-state index is -0.398. The summed E-state index contributed by atoms with van der Waals surface area (Å²) in [5.74, 6) is 0. The van der Waals surface area contributed by atoms with Crippen molar-refractivity contribution in [2.75, 3.05) is 0 Å². The molecule has 0 amide bonds. The fourth-order valence-corrected chi connectivity index (χ4v) is 1.000. The number of nitrogens with zero attached hydrogens (tertiary/aromatic N) is 1. The molecule has 0 saturated heterocycles. The molecule has 0 saturated carbocycles. The minimum absolute atomic E-state index is 0.152. The fraction of sp³-hybridized carbons (Fsp3) is 0. The van der Waals surface area contributed by atoms with E-state index >= 15 is 0 Å². The summed E-state index contributed by atoms with van der Waals surface area (Å²) in [5, 5.41) is 10.1. The van der Waals surface area contributed by atoms with E-state index in [1.807, 2.05) is 0 Å². The monoisotopic (exact) mass is 243 g/mol. The van der Waals surface area contributed by atoms with Crippen LogP contribution >= 0.6 is 0 Å². The maximum atomic E-state index is 10.1. The summed E-state index contributed by atoms with van der Waals surface area (Å²) < 4.78 is 1.08. The first-order valence-corrected chi connectivity index (χ1v) is 3.91. The van der Waals surface area contributed by atoms with Gasteiger partial charge in [-0.25, -0.2) is 0 Å². The number of hydrogen-bond acceptors (Lipinski definition) is 2. The zero-order valence-electron chi connectivity index (χ0n) is 5.02. The Labute approximate surface area is 71.7 Å². The first kappa shape index (κ1) is 7.54. The van der Waals surface area contributed by atoms with Crippen LogP contribution in [-0.2, 0) is 0 Å². The van der Waals surface area contributed by atoms with Crippen LogP contribution < -0.4 is 3.51 Å². The molecule has 50 valence electrons. The number of nitro benzene ring substituents is 1. The summed E-state index contributed by atoms with van der Waals surface area (Å²) in [6, 6.07) is 6.50. The average Bonchev–Trinajstić information content (AvgIpc) is 1.88. The second-order valence-electron chi connectivity index (χ2n) is 1.77. The van der Waals surface area contributed by atoms with Crippen LogP contribution in [0.15, 0.2) is 24.3 Å². The Kier molecular flexibility index (Phi) is 2.28. The third kappa shape index (κ3) is 1.71. The van der Waals surface area contributed by atoms with Gasteiger partial charge in [0.25, 0.3) is 0 Å². The fourth-order valence-electron chi connectivity index (χ4n) is 0.574. The van der Waals surface area contributed by atoms with Crippen molar-refractivity contribution < 1.29 is 4.92 Å². The molecule has 0 aliphatic heterocycles. The molecule has 1 aromatic carbocycles. The first-order valence-electron chi connectivity index (χ1n) is 2.63. The van der Waals surface area contributed by atoms with Gasteiger partial charge in [0.1, 0.15) is 0 Å². The second-order valence-corrected chi connectivity index (χ2v) is 3.25. The van der Waals surface area contributed by atoms with E-state index in [0.29, 0.717) is 0 Å². The Balaban J connectivity index is 3.00. The van der Waals surface area contributed by atoms with Crippen molar-refractivity contribution in [3.05, 3.63) is 34.4 Å². The molecular weight excluding hydrogens is 240 g/mol. The van der Waals surface area contributed by atoms with Gasteiger partial charge in [0.2, 0.25) is 0 Å². The van der Waals surface area contributed by atoms with Crippen LogP contribution in [0.5, 0.6) is 0 Å². The Morgan fingerprint density at radius 1 is 1.30 bits per heavy atom. The standard InChI is InChI=1S/C6H4NO2.Sb/c8-7(9)6-4-2-1-3-5-6;/h2-5H;. The van der Waals surface area contributed by atoms with Gasteiger partial charge in [-0.2, -0.15) is 0 Å². The van der Waals surface area contributed by atoms with E-state index in [-0.39, 0.29) is 5.69 Å². The van der Waals surface area contributed by atoms with Gasteiger partial charge in [-0.3, -0.25) is 0 Å². The van der Waals surface area contributed by atoms with Crippen LogP contribution in [0.4, 0.5) is 5.69 Å². The van der Waals surface area contributed by atoms with Gasteiger partial charge in [0.05, 0.1) is 0 Å². The third-order valence-corrected chi connectivity index (χ3v) is 1.91. The molecule has 2 radical (unpaired) electrons. The molecule has 0 fully saturated rings. The summed E-state index contributed by atoms with van der Waals surface area (Å²) in [6.45, 7) is 0. The normalized spacial score (nSPS) is 9.30. The van der Waals surface area contributed by atoms with Crippen LogP contribution in [0.25, 0.3) is 0 Å². The number of hydrogen-bond donors (Lipinski definition) is 0. The van der Waals surface area contributed by atoms with Crippen molar-refractivity contribution in [1.29, 1.82) is 0 Å². The van der Waals surface area contributed by atoms with Gasteiger partial charge >= 0.3 is 71.5 Å². The van der Waals surface area contributed by atoms with Gasteiger partial charge in [-0.05, 0) is 0 Å². The predicted molar refractivity (Wildman–Crippen MR) is 38.5 cm³/mol. The third-order valence-electron chi connectivity index (χ3n) is 1.06. The van der Waals surface area contributed by atoms with Crippen molar-refractivity contribution in [1.82, 2.24) is 0 Å². The molecule has 0 atom stereocenters. The maximum absolute atomic E-state index is 10.1. The van der Waals surface area contributed by atoms with Crippen LogP contribution in [0, 0.1) is 10.1 Å². The van der Waals surface area contributed by atoms with Crippen molar-refractivity contribution in [2.45, 2.75) is 0 Å². The Hall–Kier alpha value is -0.562. The first-order chi connectivity index (χ1) is 4.70. The zero-order valence-corrected chi connectivity index (χ0v) is 7.57. The predicted octanol–water partition coefficient (Wildman–Crippen LogP) is 0.389. The summed E-state index contributed by atoms with van der Waals surface area (Å²) in [7, 11) is 0. The van der Waals surface area contributed by atoms with Gasteiger partial charge in [-0.15, -0.1) is 0 Å². The van der Waals surface area contributed by atoms with E-state index in [9.17, 15) is 10.1 Å². The second kappa shape index (κ2) is 3.02. The molecule has 1 rings (SSSR count). The van der Waals surface area contributed by atoms with Crippen molar-refractivity contribution in [3.63, 3.8) is 0 Å². The van der Waals surface area contributed by atoms with E-state index in [1.165, 1.54) is 12.1 Å². The zero-order chi connectivity index (χ0) is 7.56.